The molecule has 1 saturated heterocycles. The number of benzene rings is 1. The number of hydrogen-bond donors (Lipinski definition) is 1. The second kappa shape index (κ2) is 9.58. The van der Waals surface area contributed by atoms with Crippen LogP contribution < -0.4 is 20.5 Å². The number of rotatable bonds is 7. The molecule has 0 saturated carbocycles. The largest absolute Gasteiger partial charge is 0.497 e. The number of nitrogens with zero attached hydrogens (tertiary/aromatic N) is 3. The summed E-state index contributed by atoms with van der Waals surface area (Å²) < 4.78 is 6.67. The zero-order chi connectivity index (χ0) is 20.8. The predicted octanol–water partition coefficient (Wildman–Crippen LogP) is 2.76. The van der Waals surface area contributed by atoms with Crippen LogP contribution in [0.3, 0.4) is 0 Å². The Bertz CT molecular complexity index is 870. The fraction of sp³-hybridized carbons (Fsp3) is 0.500. The van der Waals surface area contributed by atoms with Gasteiger partial charge in [-0.2, -0.15) is 5.10 Å². The number of hydrogen-bond acceptors (Lipinski definition) is 5. The number of piperidine rings is 1. The Kier molecular flexibility index (Phi) is 6.90. The zero-order valence-corrected chi connectivity index (χ0v) is 17.4. The summed E-state index contributed by atoms with van der Waals surface area (Å²) >= 11 is 0. The number of methoxy groups -OCH3 is 1. The van der Waals surface area contributed by atoms with Crippen LogP contribution in [0.4, 0.5) is 5.69 Å². The standard InChI is InChI=1S/C22H30N4O3/c1-4-11-26-21(27)14-19(15-23-26)25-12-9-18(10-13-25)22(28)24-16(2)17-5-7-20(29-3)8-6-17/h5-8,14-16,18H,4,9-13H2,1-3H3,(H,24,28)/t16-/m0/s1. The molecule has 1 amide bonds. The van der Waals surface area contributed by atoms with Crippen LogP contribution in [0.25, 0.3) is 0 Å². The average molecular weight is 399 g/mol. The molecule has 7 nitrogen and oxygen atoms in total. The minimum atomic E-state index is -0.0717. The molecule has 7 heteroatoms. The maximum absolute atomic E-state index is 12.7. The molecule has 0 bridgehead atoms. The van der Waals surface area contributed by atoms with Crippen LogP contribution in [-0.2, 0) is 11.3 Å². The molecule has 1 fully saturated rings. The van der Waals surface area contributed by atoms with Gasteiger partial charge in [0.05, 0.1) is 25.0 Å². The van der Waals surface area contributed by atoms with Gasteiger partial charge in [0.25, 0.3) is 5.56 Å². The average Bonchev–Trinajstić information content (AvgIpc) is 2.75. The Morgan fingerprint density at radius 2 is 1.97 bits per heavy atom. The lowest BCUT2D eigenvalue weighted by Gasteiger charge is -2.33. The molecule has 1 aromatic carbocycles. The Hall–Kier alpha value is -2.83. The van der Waals surface area contributed by atoms with E-state index in [-0.39, 0.29) is 23.4 Å². The van der Waals surface area contributed by atoms with E-state index in [2.05, 4.69) is 15.3 Å². The molecule has 29 heavy (non-hydrogen) atoms. The van der Waals surface area contributed by atoms with Crippen molar-refractivity contribution in [2.24, 2.45) is 5.92 Å². The van der Waals surface area contributed by atoms with Crippen LogP contribution in [0.2, 0.25) is 0 Å². The molecule has 2 aromatic rings. The molecule has 2 heterocycles. The van der Waals surface area contributed by atoms with E-state index >= 15 is 0 Å². The highest BCUT2D eigenvalue weighted by Crippen LogP contribution is 2.23. The van der Waals surface area contributed by atoms with Crippen molar-refractivity contribution in [2.45, 2.75) is 45.7 Å². The topological polar surface area (TPSA) is 76.5 Å². The summed E-state index contributed by atoms with van der Waals surface area (Å²) in [6.07, 6.45) is 4.16. The van der Waals surface area contributed by atoms with Crippen LogP contribution in [-0.4, -0.2) is 35.9 Å². The lowest BCUT2D eigenvalue weighted by Crippen LogP contribution is -2.41. The molecule has 0 aliphatic carbocycles. The molecule has 1 aliphatic heterocycles. The fourth-order valence-corrected chi connectivity index (χ4v) is 3.68. The Balaban J connectivity index is 1.53. The maximum Gasteiger partial charge on any atom is 0.268 e. The van der Waals surface area contributed by atoms with E-state index in [1.807, 2.05) is 38.1 Å². The van der Waals surface area contributed by atoms with Crippen molar-refractivity contribution in [3.8, 4) is 5.75 Å². The van der Waals surface area contributed by atoms with Gasteiger partial charge >= 0.3 is 0 Å². The number of nitrogens with one attached hydrogen (secondary N) is 1. The molecular weight excluding hydrogens is 368 g/mol. The van der Waals surface area contributed by atoms with Crippen molar-refractivity contribution < 1.29 is 9.53 Å². The molecule has 1 aromatic heterocycles. The number of carbonyl (C=O) groups excluding carboxylic acids is 1. The SMILES string of the molecule is CCCn1ncc(N2CCC(C(=O)N[C@@H](C)c3ccc(OC)cc3)CC2)cc1=O. The third-order valence-corrected chi connectivity index (χ3v) is 5.50. The first-order chi connectivity index (χ1) is 14.0. The zero-order valence-electron chi connectivity index (χ0n) is 17.4. The lowest BCUT2D eigenvalue weighted by atomic mass is 9.95. The summed E-state index contributed by atoms with van der Waals surface area (Å²) in [7, 11) is 1.64. The van der Waals surface area contributed by atoms with E-state index in [1.165, 1.54) is 4.68 Å². The van der Waals surface area contributed by atoms with E-state index in [9.17, 15) is 9.59 Å². The van der Waals surface area contributed by atoms with Gasteiger partial charge in [-0.1, -0.05) is 19.1 Å². The second-order valence-electron chi connectivity index (χ2n) is 7.54. The number of aromatic nitrogens is 2. The number of carbonyl (C=O) groups is 1. The molecule has 0 unspecified atom stereocenters. The van der Waals surface area contributed by atoms with Gasteiger partial charge < -0.3 is 15.0 Å². The van der Waals surface area contributed by atoms with Gasteiger partial charge in [-0.3, -0.25) is 9.59 Å². The van der Waals surface area contributed by atoms with E-state index in [0.29, 0.717) is 6.54 Å². The van der Waals surface area contributed by atoms with Crippen molar-refractivity contribution in [1.29, 1.82) is 0 Å². The highest BCUT2D eigenvalue weighted by molar-refractivity contribution is 5.79. The van der Waals surface area contributed by atoms with Crippen LogP contribution >= 0.6 is 0 Å². The number of anilines is 1. The van der Waals surface area contributed by atoms with E-state index in [1.54, 1.807) is 19.4 Å². The third-order valence-electron chi connectivity index (χ3n) is 5.50. The van der Waals surface area contributed by atoms with Crippen molar-refractivity contribution in [3.05, 3.63) is 52.4 Å². The molecule has 0 radical (unpaired) electrons. The normalized spacial score (nSPS) is 15.8. The third kappa shape index (κ3) is 5.16. The second-order valence-corrected chi connectivity index (χ2v) is 7.54. The van der Waals surface area contributed by atoms with Gasteiger partial charge in [0.15, 0.2) is 0 Å². The van der Waals surface area contributed by atoms with Gasteiger partial charge in [-0.15, -0.1) is 0 Å². The van der Waals surface area contributed by atoms with Crippen molar-refractivity contribution >= 4 is 11.6 Å². The smallest absolute Gasteiger partial charge is 0.268 e. The highest BCUT2D eigenvalue weighted by Gasteiger charge is 2.26. The first-order valence-electron chi connectivity index (χ1n) is 10.3. The maximum atomic E-state index is 12.7. The number of ether oxygens (including phenoxy) is 1. The van der Waals surface area contributed by atoms with Crippen LogP contribution in [0.1, 0.15) is 44.7 Å². The fourth-order valence-electron chi connectivity index (χ4n) is 3.68. The number of aryl methyl sites for hydroxylation is 1. The minimum Gasteiger partial charge on any atom is -0.497 e. The van der Waals surface area contributed by atoms with Crippen LogP contribution in [0.15, 0.2) is 41.3 Å². The van der Waals surface area contributed by atoms with Gasteiger partial charge in [0, 0.05) is 31.6 Å². The van der Waals surface area contributed by atoms with Gasteiger partial charge in [-0.05, 0) is 43.9 Å². The van der Waals surface area contributed by atoms with Crippen LogP contribution in [0, 0.1) is 5.92 Å². The van der Waals surface area contributed by atoms with Gasteiger partial charge in [-0.25, -0.2) is 4.68 Å². The molecule has 1 atom stereocenters. The lowest BCUT2D eigenvalue weighted by molar-refractivity contribution is -0.126. The first kappa shape index (κ1) is 20.9. The van der Waals surface area contributed by atoms with Crippen LogP contribution in [0.5, 0.6) is 5.75 Å². The monoisotopic (exact) mass is 398 g/mol. The highest BCUT2D eigenvalue weighted by atomic mass is 16.5. The Morgan fingerprint density at radius 1 is 1.28 bits per heavy atom. The Morgan fingerprint density at radius 3 is 2.55 bits per heavy atom. The molecule has 0 spiro atoms. The predicted molar refractivity (Wildman–Crippen MR) is 113 cm³/mol. The van der Waals surface area contributed by atoms with E-state index in [4.69, 9.17) is 4.74 Å². The van der Waals surface area contributed by atoms with Crippen molar-refractivity contribution in [3.63, 3.8) is 0 Å². The molecular formula is C22H30N4O3. The summed E-state index contributed by atoms with van der Waals surface area (Å²) in [5, 5.41) is 7.38. The number of amides is 1. The van der Waals surface area contributed by atoms with E-state index < -0.39 is 0 Å². The van der Waals surface area contributed by atoms with Gasteiger partial charge in [0.1, 0.15) is 5.75 Å². The first-order valence-corrected chi connectivity index (χ1v) is 10.3. The summed E-state index contributed by atoms with van der Waals surface area (Å²) in [5.74, 6) is 0.876. The van der Waals surface area contributed by atoms with E-state index in [0.717, 1.165) is 49.4 Å². The minimum absolute atomic E-state index is 0.0135. The van der Waals surface area contributed by atoms with Crippen molar-refractivity contribution in [1.82, 2.24) is 15.1 Å². The molecule has 1 N–H and O–H groups in total. The molecule has 156 valence electrons. The molecule has 3 rings (SSSR count). The summed E-state index contributed by atoms with van der Waals surface area (Å²) in [6, 6.07) is 9.34. The summed E-state index contributed by atoms with van der Waals surface area (Å²) in [5.41, 5.74) is 1.82. The molecule has 1 aliphatic rings. The van der Waals surface area contributed by atoms with Gasteiger partial charge in [0.2, 0.25) is 5.91 Å². The van der Waals surface area contributed by atoms with Crippen molar-refractivity contribution in [2.75, 3.05) is 25.1 Å². The summed E-state index contributed by atoms with van der Waals surface area (Å²) in [6.45, 7) is 6.13. The Labute approximate surface area is 171 Å². The quantitative estimate of drug-likeness (QED) is 0.776. The summed E-state index contributed by atoms with van der Waals surface area (Å²) in [4.78, 5) is 27.0.